The second kappa shape index (κ2) is 3.58. The fourth-order valence-corrected chi connectivity index (χ4v) is 2.04. The smallest absolute Gasteiger partial charge is 0.0320 e. The predicted octanol–water partition coefficient (Wildman–Crippen LogP) is 3.85. The molecule has 0 atom stereocenters. The maximum atomic E-state index is 5.84. The Kier molecular flexibility index (Phi) is 2.39. The Hall–Kier alpha value is -1.50. The van der Waals surface area contributed by atoms with Crippen molar-refractivity contribution >= 4 is 16.5 Å². The largest absolute Gasteiger partial charge is 0.399 e. The molecule has 2 rings (SSSR count). The standard InChI is InChI=1S/C14H17N/c1-9(2)12-6-4-10(3)13-7-5-11(15)8-14(12)13/h4-9H,15H2,1-3H3. The number of hydrogen-bond donors (Lipinski definition) is 1. The van der Waals surface area contributed by atoms with Crippen molar-refractivity contribution in [1.29, 1.82) is 0 Å². The second-order valence-corrected chi connectivity index (χ2v) is 4.43. The zero-order valence-corrected chi connectivity index (χ0v) is 9.54. The van der Waals surface area contributed by atoms with Crippen LogP contribution in [0.4, 0.5) is 5.69 Å². The number of anilines is 1. The summed E-state index contributed by atoms with van der Waals surface area (Å²) >= 11 is 0. The number of benzene rings is 2. The normalized spacial score (nSPS) is 11.2. The monoisotopic (exact) mass is 199 g/mol. The molecule has 0 amide bonds. The van der Waals surface area contributed by atoms with Crippen LogP contribution < -0.4 is 5.73 Å². The van der Waals surface area contributed by atoms with Crippen LogP contribution in [0.5, 0.6) is 0 Å². The van der Waals surface area contributed by atoms with E-state index in [0.717, 1.165) is 5.69 Å². The van der Waals surface area contributed by atoms with Gasteiger partial charge in [0.25, 0.3) is 0 Å². The summed E-state index contributed by atoms with van der Waals surface area (Å²) in [6, 6.07) is 10.6. The number of aryl methyl sites for hydroxylation is 1. The third-order valence-corrected chi connectivity index (χ3v) is 2.91. The molecule has 0 heterocycles. The van der Waals surface area contributed by atoms with Crippen LogP contribution in [0.1, 0.15) is 30.9 Å². The molecule has 2 aromatic rings. The van der Waals surface area contributed by atoms with Crippen molar-refractivity contribution in [2.24, 2.45) is 0 Å². The Morgan fingerprint density at radius 2 is 1.73 bits per heavy atom. The zero-order chi connectivity index (χ0) is 11.0. The SMILES string of the molecule is Cc1ccc(C(C)C)c2cc(N)ccc12. The maximum Gasteiger partial charge on any atom is 0.0320 e. The molecule has 0 spiro atoms. The van der Waals surface area contributed by atoms with Crippen molar-refractivity contribution in [3.63, 3.8) is 0 Å². The summed E-state index contributed by atoms with van der Waals surface area (Å²) in [5.41, 5.74) is 9.38. The third kappa shape index (κ3) is 1.70. The average molecular weight is 199 g/mol. The van der Waals surface area contributed by atoms with Crippen LogP contribution in [-0.4, -0.2) is 0 Å². The van der Waals surface area contributed by atoms with Gasteiger partial charge in [-0.3, -0.25) is 0 Å². The fourth-order valence-electron chi connectivity index (χ4n) is 2.04. The van der Waals surface area contributed by atoms with Gasteiger partial charge in [0.05, 0.1) is 0 Å². The van der Waals surface area contributed by atoms with Crippen molar-refractivity contribution in [2.75, 3.05) is 5.73 Å². The van der Waals surface area contributed by atoms with Gasteiger partial charge in [-0.15, -0.1) is 0 Å². The van der Waals surface area contributed by atoms with Gasteiger partial charge in [0, 0.05) is 5.69 Å². The molecule has 78 valence electrons. The molecule has 0 unspecified atom stereocenters. The number of nitrogen functional groups attached to an aromatic ring is 1. The molecule has 0 bridgehead atoms. The highest BCUT2D eigenvalue weighted by Crippen LogP contribution is 2.29. The van der Waals surface area contributed by atoms with Crippen molar-refractivity contribution in [3.8, 4) is 0 Å². The molecule has 0 saturated carbocycles. The lowest BCUT2D eigenvalue weighted by molar-refractivity contribution is 0.876. The topological polar surface area (TPSA) is 26.0 Å². The van der Waals surface area contributed by atoms with Crippen LogP contribution in [-0.2, 0) is 0 Å². The van der Waals surface area contributed by atoms with E-state index in [2.05, 4.69) is 45.0 Å². The van der Waals surface area contributed by atoms with E-state index < -0.39 is 0 Å². The Labute approximate surface area is 90.9 Å². The van der Waals surface area contributed by atoms with Crippen LogP contribution in [0.25, 0.3) is 10.8 Å². The van der Waals surface area contributed by atoms with E-state index in [1.165, 1.54) is 21.9 Å². The highest BCUT2D eigenvalue weighted by atomic mass is 14.5. The minimum absolute atomic E-state index is 0.537. The van der Waals surface area contributed by atoms with Gasteiger partial charge in [-0.25, -0.2) is 0 Å². The quantitative estimate of drug-likeness (QED) is 0.693. The number of hydrogen-bond acceptors (Lipinski definition) is 1. The summed E-state index contributed by atoms with van der Waals surface area (Å²) in [4.78, 5) is 0. The van der Waals surface area contributed by atoms with Gasteiger partial charge in [-0.2, -0.15) is 0 Å². The minimum Gasteiger partial charge on any atom is -0.399 e. The van der Waals surface area contributed by atoms with Crippen molar-refractivity contribution < 1.29 is 0 Å². The number of rotatable bonds is 1. The van der Waals surface area contributed by atoms with E-state index in [-0.39, 0.29) is 0 Å². The van der Waals surface area contributed by atoms with Gasteiger partial charge in [0.15, 0.2) is 0 Å². The number of nitrogens with two attached hydrogens (primary N) is 1. The Bertz CT molecular complexity index is 498. The highest BCUT2D eigenvalue weighted by Gasteiger charge is 2.06. The van der Waals surface area contributed by atoms with E-state index >= 15 is 0 Å². The third-order valence-electron chi connectivity index (χ3n) is 2.91. The molecule has 0 radical (unpaired) electrons. The summed E-state index contributed by atoms with van der Waals surface area (Å²) in [5.74, 6) is 0.537. The Morgan fingerprint density at radius 3 is 2.40 bits per heavy atom. The zero-order valence-electron chi connectivity index (χ0n) is 9.54. The molecule has 0 saturated heterocycles. The highest BCUT2D eigenvalue weighted by molar-refractivity contribution is 5.91. The van der Waals surface area contributed by atoms with Gasteiger partial charge in [-0.05, 0) is 46.9 Å². The first-order valence-corrected chi connectivity index (χ1v) is 5.38. The molecule has 2 N–H and O–H groups in total. The van der Waals surface area contributed by atoms with Crippen molar-refractivity contribution in [2.45, 2.75) is 26.7 Å². The summed E-state index contributed by atoms with van der Waals surface area (Å²) in [6.45, 7) is 6.57. The lowest BCUT2D eigenvalue weighted by atomic mass is 9.93. The van der Waals surface area contributed by atoms with Gasteiger partial charge < -0.3 is 5.73 Å². The molecular weight excluding hydrogens is 182 g/mol. The maximum absolute atomic E-state index is 5.84. The minimum atomic E-state index is 0.537. The lowest BCUT2D eigenvalue weighted by Crippen LogP contribution is -1.93. The molecule has 0 aliphatic carbocycles. The first-order chi connectivity index (χ1) is 7.09. The van der Waals surface area contributed by atoms with Crippen LogP contribution in [0.2, 0.25) is 0 Å². The van der Waals surface area contributed by atoms with Gasteiger partial charge in [-0.1, -0.05) is 32.0 Å². The lowest BCUT2D eigenvalue weighted by Gasteiger charge is -2.12. The summed E-state index contributed by atoms with van der Waals surface area (Å²) in [6.07, 6.45) is 0. The number of fused-ring (bicyclic) bond motifs is 1. The summed E-state index contributed by atoms with van der Waals surface area (Å²) in [5, 5.41) is 2.61. The van der Waals surface area contributed by atoms with Gasteiger partial charge in [0.1, 0.15) is 0 Å². The van der Waals surface area contributed by atoms with E-state index in [0.29, 0.717) is 5.92 Å². The Morgan fingerprint density at radius 1 is 1.00 bits per heavy atom. The van der Waals surface area contributed by atoms with Crippen LogP contribution in [0.15, 0.2) is 30.3 Å². The molecule has 0 fully saturated rings. The van der Waals surface area contributed by atoms with Crippen LogP contribution in [0.3, 0.4) is 0 Å². The van der Waals surface area contributed by atoms with E-state index in [1.807, 2.05) is 6.07 Å². The van der Waals surface area contributed by atoms with E-state index in [4.69, 9.17) is 5.73 Å². The predicted molar refractivity (Wildman–Crippen MR) is 67.2 cm³/mol. The molecule has 2 aromatic carbocycles. The molecule has 15 heavy (non-hydrogen) atoms. The van der Waals surface area contributed by atoms with E-state index in [9.17, 15) is 0 Å². The molecule has 0 aliphatic rings. The molecule has 0 aliphatic heterocycles. The van der Waals surface area contributed by atoms with E-state index in [1.54, 1.807) is 0 Å². The molecular formula is C14H17N. The molecule has 1 nitrogen and oxygen atoms in total. The second-order valence-electron chi connectivity index (χ2n) is 4.43. The molecule has 1 heteroatoms. The summed E-state index contributed by atoms with van der Waals surface area (Å²) < 4.78 is 0. The summed E-state index contributed by atoms with van der Waals surface area (Å²) in [7, 11) is 0. The van der Waals surface area contributed by atoms with Gasteiger partial charge in [0.2, 0.25) is 0 Å². The first-order valence-electron chi connectivity index (χ1n) is 5.38. The Balaban J connectivity index is 2.84. The van der Waals surface area contributed by atoms with Crippen LogP contribution >= 0.6 is 0 Å². The van der Waals surface area contributed by atoms with Gasteiger partial charge >= 0.3 is 0 Å². The molecule has 0 aromatic heterocycles. The first kappa shape index (κ1) is 10.0. The average Bonchev–Trinajstić information content (AvgIpc) is 2.17. The van der Waals surface area contributed by atoms with Crippen molar-refractivity contribution in [3.05, 3.63) is 41.5 Å². The van der Waals surface area contributed by atoms with Crippen LogP contribution in [0, 0.1) is 6.92 Å². The fraction of sp³-hybridized carbons (Fsp3) is 0.286. The van der Waals surface area contributed by atoms with Crippen molar-refractivity contribution in [1.82, 2.24) is 0 Å².